The molecule has 0 saturated carbocycles. The van der Waals surface area contributed by atoms with Gasteiger partial charge in [-0.2, -0.15) is 11.8 Å². The van der Waals surface area contributed by atoms with Crippen LogP contribution in [-0.2, 0) is 5.75 Å². The third kappa shape index (κ3) is 4.44. The molecule has 0 aromatic carbocycles. The SMILES string of the molecule is CSCc1ccc(C(=O)N(C)CCC(C)O)o1. The first-order chi connectivity index (χ1) is 8.04. The number of carbonyl (C=O) groups is 1. The van der Waals surface area contributed by atoms with E-state index in [9.17, 15) is 4.79 Å². The van der Waals surface area contributed by atoms with Crippen molar-refractivity contribution < 1.29 is 14.3 Å². The lowest BCUT2D eigenvalue weighted by atomic mass is 10.2. The summed E-state index contributed by atoms with van der Waals surface area (Å²) in [4.78, 5) is 13.5. The van der Waals surface area contributed by atoms with Crippen LogP contribution in [0.2, 0.25) is 0 Å². The van der Waals surface area contributed by atoms with Gasteiger partial charge in [0, 0.05) is 13.6 Å². The van der Waals surface area contributed by atoms with Crippen LogP contribution in [0, 0.1) is 0 Å². The highest BCUT2D eigenvalue weighted by atomic mass is 32.2. The van der Waals surface area contributed by atoms with E-state index >= 15 is 0 Å². The molecular weight excluding hydrogens is 238 g/mol. The second-order valence-electron chi connectivity index (χ2n) is 4.06. The van der Waals surface area contributed by atoms with E-state index in [2.05, 4.69) is 0 Å². The van der Waals surface area contributed by atoms with E-state index in [1.54, 1.807) is 36.7 Å². The van der Waals surface area contributed by atoms with Gasteiger partial charge in [0.25, 0.3) is 5.91 Å². The van der Waals surface area contributed by atoms with Crippen molar-refractivity contribution in [2.24, 2.45) is 0 Å². The second-order valence-corrected chi connectivity index (χ2v) is 4.93. The summed E-state index contributed by atoms with van der Waals surface area (Å²) in [6.45, 7) is 2.23. The molecule has 0 aliphatic heterocycles. The van der Waals surface area contributed by atoms with Gasteiger partial charge < -0.3 is 14.4 Å². The molecule has 1 aromatic heterocycles. The van der Waals surface area contributed by atoms with Crippen LogP contribution in [0.3, 0.4) is 0 Å². The maximum absolute atomic E-state index is 11.9. The van der Waals surface area contributed by atoms with Crippen LogP contribution in [0.1, 0.15) is 29.7 Å². The number of hydrogen-bond acceptors (Lipinski definition) is 4. The minimum absolute atomic E-state index is 0.141. The van der Waals surface area contributed by atoms with Gasteiger partial charge in [0.05, 0.1) is 11.9 Å². The Kier molecular flexibility index (Phi) is 5.58. The molecule has 1 aromatic rings. The Balaban J connectivity index is 2.55. The highest BCUT2D eigenvalue weighted by Crippen LogP contribution is 2.14. The van der Waals surface area contributed by atoms with E-state index in [0.29, 0.717) is 18.7 Å². The van der Waals surface area contributed by atoms with Gasteiger partial charge in [0.15, 0.2) is 5.76 Å². The van der Waals surface area contributed by atoms with Crippen LogP contribution in [0.25, 0.3) is 0 Å². The van der Waals surface area contributed by atoms with Crippen LogP contribution < -0.4 is 0 Å². The first kappa shape index (κ1) is 14.1. The third-order valence-corrected chi connectivity index (χ3v) is 2.96. The molecule has 17 heavy (non-hydrogen) atoms. The average Bonchev–Trinajstić information content (AvgIpc) is 2.74. The maximum Gasteiger partial charge on any atom is 0.289 e. The molecule has 4 nitrogen and oxygen atoms in total. The first-order valence-electron chi connectivity index (χ1n) is 5.55. The van der Waals surface area contributed by atoms with Crippen LogP contribution in [0.4, 0.5) is 0 Å². The summed E-state index contributed by atoms with van der Waals surface area (Å²) in [6.07, 6.45) is 2.16. The normalized spacial score (nSPS) is 12.5. The Morgan fingerprint density at radius 2 is 2.29 bits per heavy atom. The van der Waals surface area contributed by atoms with Gasteiger partial charge in [-0.15, -0.1) is 0 Å². The van der Waals surface area contributed by atoms with Gasteiger partial charge >= 0.3 is 0 Å². The van der Waals surface area contributed by atoms with Gasteiger partial charge in [-0.3, -0.25) is 4.79 Å². The molecular formula is C12H19NO3S. The monoisotopic (exact) mass is 257 g/mol. The summed E-state index contributed by atoms with van der Waals surface area (Å²) in [6, 6.07) is 3.53. The summed E-state index contributed by atoms with van der Waals surface area (Å²) >= 11 is 1.65. The van der Waals surface area contributed by atoms with Crippen molar-refractivity contribution in [1.29, 1.82) is 0 Å². The number of aliphatic hydroxyl groups excluding tert-OH is 1. The summed E-state index contributed by atoms with van der Waals surface area (Å²) < 4.78 is 5.44. The fourth-order valence-electron chi connectivity index (χ4n) is 1.38. The van der Waals surface area contributed by atoms with Crippen molar-refractivity contribution in [1.82, 2.24) is 4.90 Å². The highest BCUT2D eigenvalue weighted by Gasteiger charge is 2.16. The largest absolute Gasteiger partial charge is 0.455 e. The predicted molar refractivity (Wildman–Crippen MR) is 69.2 cm³/mol. The molecule has 1 N–H and O–H groups in total. The molecule has 0 spiro atoms. The summed E-state index contributed by atoms with van der Waals surface area (Å²) in [7, 11) is 1.71. The summed E-state index contributed by atoms with van der Waals surface area (Å²) in [5.41, 5.74) is 0. The standard InChI is InChI=1S/C12H19NO3S/c1-9(14)6-7-13(2)12(15)11-5-4-10(16-11)8-17-3/h4-5,9,14H,6-8H2,1-3H3. The van der Waals surface area contributed by atoms with E-state index in [1.165, 1.54) is 0 Å². The molecule has 0 saturated heterocycles. The van der Waals surface area contributed by atoms with Crippen molar-refractivity contribution in [3.8, 4) is 0 Å². The van der Waals surface area contributed by atoms with Crippen molar-refractivity contribution in [3.63, 3.8) is 0 Å². The molecule has 5 heteroatoms. The fraction of sp³-hybridized carbons (Fsp3) is 0.583. The second kappa shape index (κ2) is 6.71. The van der Waals surface area contributed by atoms with Crippen molar-refractivity contribution >= 4 is 17.7 Å². The van der Waals surface area contributed by atoms with Crippen LogP contribution in [0.5, 0.6) is 0 Å². The molecule has 1 amide bonds. The van der Waals surface area contributed by atoms with E-state index in [-0.39, 0.29) is 5.91 Å². The number of hydrogen-bond donors (Lipinski definition) is 1. The quantitative estimate of drug-likeness (QED) is 0.846. The minimum Gasteiger partial charge on any atom is -0.455 e. The Hall–Kier alpha value is -0.940. The lowest BCUT2D eigenvalue weighted by Gasteiger charge is -2.16. The number of rotatable bonds is 6. The van der Waals surface area contributed by atoms with Gasteiger partial charge in [0.1, 0.15) is 5.76 Å². The minimum atomic E-state index is -0.395. The maximum atomic E-state index is 11.9. The number of thioether (sulfide) groups is 1. The molecule has 0 aliphatic carbocycles. The zero-order valence-corrected chi connectivity index (χ0v) is 11.3. The fourth-order valence-corrected chi connectivity index (χ4v) is 1.82. The van der Waals surface area contributed by atoms with E-state index in [1.807, 2.05) is 12.3 Å². The molecule has 0 aliphatic rings. The van der Waals surface area contributed by atoms with Crippen molar-refractivity contribution in [3.05, 3.63) is 23.7 Å². The first-order valence-corrected chi connectivity index (χ1v) is 6.95. The lowest BCUT2D eigenvalue weighted by molar-refractivity contribution is 0.0736. The van der Waals surface area contributed by atoms with Crippen LogP contribution in [-0.4, -0.2) is 41.9 Å². The Morgan fingerprint density at radius 1 is 1.59 bits per heavy atom. The van der Waals surface area contributed by atoms with Gasteiger partial charge in [-0.1, -0.05) is 0 Å². The van der Waals surface area contributed by atoms with E-state index in [0.717, 1.165) is 11.5 Å². The zero-order chi connectivity index (χ0) is 12.8. The number of carbonyl (C=O) groups excluding carboxylic acids is 1. The number of nitrogens with zero attached hydrogens (tertiary/aromatic N) is 1. The van der Waals surface area contributed by atoms with Gasteiger partial charge in [-0.05, 0) is 31.7 Å². The third-order valence-electron chi connectivity index (χ3n) is 2.39. The zero-order valence-electron chi connectivity index (χ0n) is 10.5. The number of aliphatic hydroxyl groups is 1. The topological polar surface area (TPSA) is 53.7 Å². The van der Waals surface area contributed by atoms with Crippen molar-refractivity contribution in [2.75, 3.05) is 19.8 Å². The predicted octanol–water partition coefficient (Wildman–Crippen LogP) is 1.99. The van der Waals surface area contributed by atoms with Crippen LogP contribution in [0.15, 0.2) is 16.5 Å². The van der Waals surface area contributed by atoms with E-state index in [4.69, 9.17) is 9.52 Å². The number of furan rings is 1. The molecule has 1 atom stereocenters. The molecule has 96 valence electrons. The lowest BCUT2D eigenvalue weighted by Crippen LogP contribution is -2.29. The van der Waals surface area contributed by atoms with Gasteiger partial charge in [0.2, 0.25) is 0 Å². The average molecular weight is 257 g/mol. The molecule has 0 fully saturated rings. The molecule has 1 heterocycles. The highest BCUT2D eigenvalue weighted by molar-refractivity contribution is 7.97. The Morgan fingerprint density at radius 3 is 2.88 bits per heavy atom. The molecule has 1 rings (SSSR count). The van der Waals surface area contributed by atoms with Gasteiger partial charge in [-0.25, -0.2) is 0 Å². The Labute approximate surface area is 106 Å². The molecule has 0 bridgehead atoms. The Bertz CT molecular complexity index is 362. The van der Waals surface area contributed by atoms with Crippen molar-refractivity contribution in [2.45, 2.75) is 25.2 Å². The molecule has 1 unspecified atom stereocenters. The van der Waals surface area contributed by atoms with E-state index < -0.39 is 6.10 Å². The smallest absolute Gasteiger partial charge is 0.289 e. The van der Waals surface area contributed by atoms with Crippen LogP contribution >= 0.6 is 11.8 Å². The molecule has 0 radical (unpaired) electrons. The number of amides is 1. The summed E-state index contributed by atoms with van der Waals surface area (Å²) in [5.74, 6) is 1.80. The summed E-state index contributed by atoms with van der Waals surface area (Å²) in [5, 5.41) is 9.16.